The molecule has 0 N–H and O–H groups in total. The fourth-order valence-electron chi connectivity index (χ4n) is 3.57. The molecular weight excluding hydrogens is 400 g/mol. The Hall–Kier alpha value is -3.40. The first-order valence-corrected chi connectivity index (χ1v) is 10.9. The van der Waals surface area contributed by atoms with Crippen LogP contribution < -0.4 is 0 Å². The van der Waals surface area contributed by atoms with E-state index >= 15 is 0 Å². The minimum atomic E-state index is -0.310. The molecule has 0 spiro atoms. The number of hydrogen-bond acceptors (Lipinski definition) is 4. The summed E-state index contributed by atoms with van der Waals surface area (Å²) in [6.07, 6.45) is -0.288. The van der Waals surface area contributed by atoms with E-state index in [9.17, 15) is 9.59 Å². The first kappa shape index (κ1) is 23.3. The lowest BCUT2D eigenvalue weighted by Gasteiger charge is -2.14. The molecule has 32 heavy (non-hydrogen) atoms. The van der Waals surface area contributed by atoms with Crippen molar-refractivity contribution < 1.29 is 19.1 Å². The van der Waals surface area contributed by atoms with Crippen LogP contribution >= 0.6 is 0 Å². The van der Waals surface area contributed by atoms with Gasteiger partial charge in [-0.05, 0) is 99.2 Å². The third kappa shape index (κ3) is 5.44. The van der Waals surface area contributed by atoms with Crippen LogP contribution in [0.3, 0.4) is 0 Å². The molecule has 3 aromatic rings. The molecule has 0 saturated heterocycles. The van der Waals surface area contributed by atoms with E-state index in [1.807, 2.05) is 52.0 Å². The fourth-order valence-corrected chi connectivity index (χ4v) is 3.57. The maximum atomic E-state index is 12.1. The van der Waals surface area contributed by atoms with Gasteiger partial charge in [-0.1, -0.05) is 36.4 Å². The number of rotatable bonds is 6. The van der Waals surface area contributed by atoms with Crippen LogP contribution in [0.15, 0.2) is 60.7 Å². The van der Waals surface area contributed by atoms with E-state index in [4.69, 9.17) is 9.47 Å². The lowest BCUT2D eigenvalue weighted by molar-refractivity contribution is 0.0367. The van der Waals surface area contributed by atoms with Gasteiger partial charge in [-0.15, -0.1) is 0 Å². The Morgan fingerprint density at radius 2 is 0.906 bits per heavy atom. The molecule has 0 fully saturated rings. The Balaban J connectivity index is 1.85. The van der Waals surface area contributed by atoms with Crippen LogP contribution in [0.5, 0.6) is 0 Å². The molecule has 0 saturated carbocycles. The first-order valence-electron chi connectivity index (χ1n) is 10.9. The van der Waals surface area contributed by atoms with E-state index in [-0.39, 0.29) is 24.1 Å². The van der Waals surface area contributed by atoms with E-state index in [1.54, 1.807) is 24.3 Å². The number of aryl methyl sites for hydroxylation is 2. The third-order valence-electron chi connectivity index (χ3n) is 5.12. The summed E-state index contributed by atoms with van der Waals surface area (Å²) in [6, 6.07) is 19.3. The second-order valence-corrected chi connectivity index (χ2v) is 8.54. The molecule has 3 rings (SSSR count). The Bertz CT molecular complexity index is 1020. The standard InChI is InChI=1S/C28H30O4/c1-17(2)31-27(29)23-11-7-21(8-12-23)25-15-20(6)26(16-19(25)5)22-9-13-24(14-10-22)28(30)32-18(3)4/h7-18H,1-6H3. The normalized spacial score (nSPS) is 11.0. The van der Waals surface area contributed by atoms with Gasteiger partial charge < -0.3 is 9.47 Å². The third-order valence-corrected chi connectivity index (χ3v) is 5.12. The monoisotopic (exact) mass is 430 g/mol. The summed E-state index contributed by atoms with van der Waals surface area (Å²) >= 11 is 0. The quantitative estimate of drug-likeness (QED) is 0.405. The van der Waals surface area contributed by atoms with E-state index in [1.165, 1.54) is 0 Å². The lowest BCUT2D eigenvalue weighted by atomic mass is 9.91. The molecule has 0 atom stereocenters. The number of benzene rings is 3. The fraction of sp³-hybridized carbons (Fsp3) is 0.286. The molecule has 0 bridgehead atoms. The number of carbonyl (C=O) groups is 2. The zero-order valence-electron chi connectivity index (χ0n) is 19.6. The van der Waals surface area contributed by atoms with Crippen molar-refractivity contribution in [1.82, 2.24) is 0 Å². The highest BCUT2D eigenvalue weighted by Crippen LogP contribution is 2.32. The van der Waals surface area contributed by atoms with Gasteiger partial charge in [-0.3, -0.25) is 0 Å². The van der Waals surface area contributed by atoms with Gasteiger partial charge in [0.25, 0.3) is 0 Å². The molecule has 166 valence electrons. The highest BCUT2D eigenvalue weighted by atomic mass is 16.5. The van der Waals surface area contributed by atoms with E-state index < -0.39 is 0 Å². The lowest BCUT2D eigenvalue weighted by Crippen LogP contribution is -2.11. The second kappa shape index (κ2) is 9.82. The Morgan fingerprint density at radius 1 is 0.594 bits per heavy atom. The summed E-state index contributed by atoms with van der Waals surface area (Å²) in [5.74, 6) is -0.619. The van der Waals surface area contributed by atoms with Crippen molar-refractivity contribution in [2.75, 3.05) is 0 Å². The van der Waals surface area contributed by atoms with Gasteiger partial charge in [0.05, 0.1) is 23.3 Å². The van der Waals surface area contributed by atoms with Gasteiger partial charge in [-0.2, -0.15) is 0 Å². The largest absolute Gasteiger partial charge is 0.459 e. The van der Waals surface area contributed by atoms with Crippen LogP contribution in [0.4, 0.5) is 0 Å². The maximum Gasteiger partial charge on any atom is 0.338 e. The molecule has 3 aromatic carbocycles. The summed E-state index contributed by atoms with van der Waals surface area (Å²) in [7, 11) is 0. The second-order valence-electron chi connectivity index (χ2n) is 8.54. The van der Waals surface area contributed by atoms with Crippen molar-refractivity contribution in [2.24, 2.45) is 0 Å². The minimum absolute atomic E-state index is 0.144. The van der Waals surface area contributed by atoms with Crippen LogP contribution in [-0.4, -0.2) is 24.1 Å². The molecule has 0 unspecified atom stereocenters. The van der Waals surface area contributed by atoms with Crippen LogP contribution in [-0.2, 0) is 9.47 Å². The number of carbonyl (C=O) groups excluding carboxylic acids is 2. The number of esters is 2. The molecule has 0 radical (unpaired) electrons. The van der Waals surface area contributed by atoms with Gasteiger partial charge in [-0.25, -0.2) is 9.59 Å². The molecule has 4 nitrogen and oxygen atoms in total. The average Bonchev–Trinajstić information content (AvgIpc) is 2.74. The summed E-state index contributed by atoms with van der Waals surface area (Å²) in [4.78, 5) is 24.2. The van der Waals surface area contributed by atoms with Gasteiger partial charge in [0.15, 0.2) is 0 Å². The summed E-state index contributed by atoms with van der Waals surface area (Å²) < 4.78 is 10.5. The van der Waals surface area contributed by atoms with Gasteiger partial charge in [0, 0.05) is 0 Å². The molecular formula is C28H30O4. The smallest absolute Gasteiger partial charge is 0.338 e. The average molecular weight is 431 g/mol. The zero-order valence-corrected chi connectivity index (χ0v) is 19.6. The summed E-state index contributed by atoms with van der Waals surface area (Å²) in [5.41, 5.74) is 7.68. The SMILES string of the molecule is Cc1cc(-c2ccc(C(=O)OC(C)C)cc2)c(C)cc1-c1ccc(C(=O)OC(C)C)cc1. The molecule has 4 heteroatoms. The van der Waals surface area contributed by atoms with Crippen LogP contribution in [0.25, 0.3) is 22.3 Å². The Labute approximate surface area is 190 Å². The van der Waals surface area contributed by atoms with Crippen LogP contribution in [0, 0.1) is 13.8 Å². The Kier molecular flexibility index (Phi) is 7.14. The maximum absolute atomic E-state index is 12.1. The van der Waals surface area contributed by atoms with Crippen molar-refractivity contribution in [3.8, 4) is 22.3 Å². The molecule has 0 aliphatic carbocycles. The predicted molar refractivity (Wildman–Crippen MR) is 128 cm³/mol. The van der Waals surface area contributed by atoms with E-state index in [0.29, 0.717) is 11.1 Å². The van der Waals surface area contributed by atoms with Gasteiger partial charge in [0.2, 0.25) is 0 Å². The topological polar surface area (TPSA) is 52.6 Å². The van der Waals surface area contributed by atoms with Crippen LogP contribution in [0.2, 0.25) is 0 Å². The van der Waals surface area contributed by atoms with Crippen LogP contribution in [0.1, 0.15) is 59.5 Å². The zero-order chi connectivity index (χ0) is 23.4. The van der Waals surface area contributed by atoms with Gasteiger partial charge in [0.1, 0.15) is 0 Å². The van der Waals surface area contributed by atoms with Crippen molar-refractivity contribution in [3.63, 3.8) is 0 Å². The molecule has 0 heterocycles. The molecule has 0 aliphatic heterocycles. The highest BCUT2D eigenvalue weighted by molar-refractivity contribution is 5.91. The molecule has 0 aliphatic rings. The van der Waals surface area contributed by atoms with E-state index in [0.717, 1.165) is 33.4 Å². The highest BCUT2D eigenvalue weighted by Gasteiger charge is 2.13. The number of hydrogen-bond donors (Lipinski definition) is 0. The minimum Gasteiger partial charge on any atom is -0.459 e. The molecule has 0 amide bonds. The predicted octanol–water partition coefficient (Wildman–Crippen LogP) is 6.77. The summed E-state index contributed by atoms with van der Waals surface area (Å²) in [6.45, 7) is 11.5. The first-order chi connectivity index (χ1) is 15.2. The Morgan fingerprint density at radius 3 is 1.19 bits per heavy atom. The number of ether oxygens (including phenoxy) is 2. The van der Waals surface area contributed by atoms with E-state index in [2.05, 4.69) is 26.0 Å². The van der Waals surface area contributed by atoms with Crippen molar-refractivity contribution in [2.45, 2.75) is 53.8 Å². The van der Waals surface area contributed by atoms with Crippen molar-refractivity contribution in [3.05, 3.63) is 82.9 Å². The van der Waals surface area contributed by atoms with Crippen molar-refractivity contribution >= 4 is 11.9 Å². The summed E-state index contributed by atoms with van der Waals surface area (Å²) in [5, 5.41) is 0. The van der Waals surface area contributed by atoms with Gasteiger partial charge >= 0.3 is 11.9 Å². The molecule has 0 aromatic heterocycles. The van der Waals surface area contributed by atoms with Crippen molar-refractivity contribution in [1.29, 1.82) is 0 Å².